The summed E-state index contributed by atoms with van der Waals surface area (Å²) in [4.78, 5) is 0. The molecule has 0 saturated carbocycles. The Bertz CT molecular complexity index is 1480. The van der Waals surface area contributed by atoms with E-state index in [1.165, 1.54) is 0 Å². The molecule has 21 unspecified atom stereocenters. The summed E-state index contributed by atoms with van der Waals surface area (Å²) in [7, 11) is 0. The van der Waals surface area contributed by atoms with Crippen LogP contribution in [0.15, 0.2) is 24.3 Å². The normalized spacial score (nSPS) is 50.7. The highest BCUT2D eigenvalue weighted by Crippen LogP contribution is 2.54. The van der Waals surface area contributed by atoms with E-state index in [4.69, 9.17) is 59.0 Å². The van der Waals surface area contributed by atoms with Gasteiger partial charge in [-0.05, 0) is 82.3 Å². The number of aliphatic hydroxyl groups is 2. The molecule has 6 bridgehead atoms. The van der Waals surface area contributed by atoms with Gasteiger partial charge in [0.25, 0.3) is 0 Å². The molecule has 322 valence electrons. The number of aliphatic hydroxyl groups excluding tert-OH is 2. The van der Waals surface area contributed by atoms with Crippen molar-refractivity contribution in [2.24, 2.45) is 11.8 Å². The van der Waals surface area contributed by atoms with Crippen LogP contribution in [-0.4, -0.2) is 138 Å². The Morgan fingerprint density at radius 2 is 1.58 bits per heavy atom. The first-order valence-electron chi connectivity index (χ1n) is 22.2. The monoisotopic (exact) mass is 822 g/mol. The maximum absolute atomic E-state index is 11.4. The molecule has 10 fully saturated rings. The molecule has 0 amide bonds. The molecule has 10 aliphatic heterocycles. The minimum absolute atomic E-state index is 0.00604. The van der Waals surface area contributed by atoms with Gasteiger partial charge in [-0.25, -0.2) is 0 Å². The topological polar surface area (TPSA) is 133 Å². The van der Waals surface area contributed by atoms with E-state index in [0.29, 0.717) is 58.0 Å². The maximum Gasteiger partial charge on any atom is 0.172 e. The van der Waals surface area contributed by atoms with Gasteiger partial charge in [0.05, 0.1) is 73.8 Å². The predicted octanol–water partition coefficient (Wildman–Crippen LogP) is 5.65. The fourth-order valence-corrected chi connectivity index (χ4v) is 11.8. The summed E-state index contributed by atoms with van der Waals surface area (Å²) < 4.78 is 64.9. The predicted molar refractivity (Wildman–Crippen MR) is 209 cm³/mol. The van der Waals surface area contributed by atoms with Crippen LogP contribution in [0, 0.1) is 11.8 Å². The smallest absolute Gasteiger partial charge is 0.172 e. The standard InChI is InChI=1S/C44H67ClO12/c1-8-26-10-12-29-38(50-26)42-41-40(52-29)39-34(53-41)19-44(56-39,57-42)14-13-25(45)15-22(3)28(46)11-9-27-16-21(2)23(4)30(49-27)17-32-36(47)24(5)37-33(51-32)18-31-35(54-37)20-48-43(6,7)55-31/h21,24-42,46-47H,3-4,8-20H2,1-2,5-7H3. The average Bonchev–Trinajstić information content (AvgIpc) is 3.60. The second-order valence-corrected chi connectivity index (χ2v) is 20.0. The Morgan fingerprint density at radius 1 is 0.825 bits per heavy atom. The van der Waals surface area contributed by atoms with Crippen LogP contribution in [0.5, 0.6) is 0 Å². The highest BCUT2D eigenvalue weighted by Gasteiger charge is 2.68. The quantitative estimate of drug-likeness (QED) is 0.186. The fraction of sp³-hybridized carbons (Fsp3) is 0.909. The first-order chi connectivity index (χ1) is 27.2. The van der Waals surface area contributed by atoms with Crippen LogP contribution in [0.25, 0.3) is 0 Å². The summed E-state index contributed by atoms with van der Waals surface area (Å²) in [5.74, 6) is -1.34. The molecule has 2 N–H and O–H groups in total. The van der Waals surface area contributed by atoms with E-state index in [2.05, 4.69) is 27.0 Å². The third kappa shape index (κ3) is 8.09. The molecule has 10 rings (SSSR count). The number of hydrogen-bond donors (Lipinski definition) is 2. The molecule has 21 atom stereocenters. The van der Waals surface area contributed by atoms with E-state index in [1.54, 1.807) is 0 Å². The van der Waals surface area contributed by atoms with Gasteiger partial charge in [-0.1, -0.05) is 33.9 Å². The van der Waals surface area contributed by atoms with E-state index in [1.807, 2.05) is 20.8 Å². The molecular weight excluding hydrogens is 756 g/mol. The van der Waals surface area contributed by atoms with E-state index in [0.717, 1.165) is 36.8 Å². The van der Waals surface area contributed by atoms with Crippen LogP contribution in [0.4, 0.5) is 0 Å². The molecule has 0 aromatic rings. The molecule has 13 heteroatoms. The summed E-state index contributed by atoms with van der Waals surface area (Å²) in [6, 6.07) is 0. The zero-order chi connectivity index (χ0) is 40.0. The minimum Gasteiger partial charge on any atom is -0.390 e. The van der Waals surface area contributed by atoms with Crippen LogP contribution in [-0.2, 0) is 47.4 Å². The highest BCUT2D eigenvalue weighted by molar-refractivity contribution is 6.20. The molecule has 10 aliphatic rings. The van der Waals surface area contributed by atoms with Gasteiger partial charge < -0.3 is 57.6 Å². The summed E-state index contributed by atoms with van der Waals surface area (Å²) in [5.41, 5.74) is 1.74. The third-order valence-corrected chi connectivity index (χ3v) is 15.3. The van der Waals surface area contributed by atoms with Gasteiger partial charge in [-0.15, -0.1) is 11.6 Å². The van der Waals surface area contributed by atoms with Crippen molar-refractivity contribution < 1.29 is 57.6 Å². The number of fused-ring (bicyclic) bond motifs is 3. The van der Waals surface area contributed by atoms with Crippen molar-refractivity contribution in [1.82, 2.24) is 0 Å². The Morgan fingerprint density at radius 3 is 2.39 bits per heavy atom. The van der Waals surface area contributed by atoms with Gasteiger partial charge in [0.1, 0.15) is 36.6 Å². The molecule has 0 radical (unpaired) electrons. The van der Waals surface area contributed by atoms with Gasteiger partial charge in [-0.2, -0.15) is 0 Å². The Hall–Kier alpha value is -0.710. The second kappa shape index (κ2) is 16.2. The summed E-state index contributed by atoms with van der Waals surface area (Å²) in [5, 5.41) is 22.5. The number of ether oxygens (including phenoxy) is 10. The van der Waals surface area contributed by atoms with Gasteiger partial charge in [0.15, 0.2) is 11.6 Å². The van der Waals surface area contributed by atoms with Gasteiger partial charge in [0.2, 0.25) is 0 Å². The fourth-order valence-electron chi connectivity index (χ4n) is 11.5. The van der Waals surface area contributed by atoms with Crippen molar-refractivity contribution in [2.45, 2.75) is 232 Å². The van der Waals surface area contributed by atoms with Gasteiger partial charge in [0, 0.05) is 37.0 Å². The Balaban J connectivity index is 0.750. The number of alkyl halides is 1. The Kier molecular flexibility index (Phi) is 11.8. The van der Waals surface area contributed by atoms with Crippen LogP contribution in [0.1, 0.15) is 112 Å². The molecule has 57 heavy (non-hydrogen) atoms. The van der Waals surface area contributed by atoms with Gasteiger partial charge in [-0.3, -0.25) is 0 Å². The van der Waals surface area contributed by atoms with Crippen LogP contribution >= 0.6 is 11.6 Å². The van der Waals surface area contributed by atoms with Crippen molar-refractivity contribution in [3.8, 4) is 0 Å². The lowest BCUT2D eigenvalue weighted by Crippen LogP contribution is -2.63. The second-order valence-electron chi connectivity index (χ2n) is 19.4. The lowest BCUT2D eigenvalue weighted by atomic mass is 9.79. The molecule has 0 aliphatic carbocycles. The van der Waals surface area contributed by atoms with Gasteiger partial charge >= 0.3 is 0 Å². The SMILES string of the molecule is C=C(CC(Cl)CCC12CC3OC4C(OC5CCC(CC)OC5C4O1)C3O2)C(O)CCC1CC(C)C(=C)C(CC2OC3CC4OC(C)(C)OCC4OC3C(C)C2O)O1. The molecule has 10 saturated heterocycles. The Labute approximate surface area is 343 Å². The molecular formula is C44H67ClO12. The summed E-state index contributed by atoms with van der Waals surface area (Å²) in [6.07, 6.45) is 5.03. The zero-order valence-electron chi connectivity index (χ0n) is 34.5. The van der Waals surface area contributed by atoms with E-state index in [-0.39, 0.29) is 103 Å². The number of rotatable bonds is 12. The largest absolute Gasteiger partial charge is 0.390 e. The van der Waals surface area contributed by atoms with E-state index < -0.39 is 29.9 Å². The van der Waals surface area contributed by atoms with Crippen molar-refractivity contribution in [2.75, 3.05) is 6.61 Å². The van der Waals surface area contributed by atoms with E-state index in [9.17, 15) is 10.2 Å². The lowest BCUT2D eigenvalue weighted by Gasteiger charge is -2.53. The number of halogens is 1. The third-order valence-electron chi connectivity index (χ3n) is 14.9. The highest BCUT2D eigenvalue weighted by atomic mass is 35.5. The first-order valence-corrected chi connectivity index (χ1v) is 22.6. The zero-order valence-corrected chi connectivity index (χ0v) is 35.3. The lowest BCUT2D eigenvalue weighted by molar-refractivity contribution is -0.355. The molecule has 0 aromatic heterocycles. The molecule has 0 aromatic carbocycles. The van der Waals surface area contributed by atoms with Crippen LogP contribution in [0.3, 0.4) is 0 Å². The van der Waals surface area contributed by atoms with Crippen LogP contribution < -0.4 is 0 Å². The molecule has 10 heterocycles. The van der Waals surface area contributed by atoms with Crippen LogP contribution in [0.2, 0.25) is 0 Å². The van der Waals surface area contributed by atoms with Crippen molar-refractivity contribution in [1.29, 1.82) is 0 Å². The minimum atomic E-state index is -0.783. The molecule has 12 nitrogen and oxygen atoms in total. The van der Waals surface area contributed by atoms with Crippen molar-refractivity contribution in [3.63, 3.8) is 0 Å². The first kappa shape index (κ1) is 41.6. The summed E-state index contributed by atoms with van der Waals surface area (Å²) >= 11 is 6.97. The van der Waals surface area contributed by atoms with Crippen molar-refractivity contribution >= 4 is 11.6 Å². The van der Waals surface area contributed by atoms with E-state index >= 15 is 0 Å². The number of hydrogen-bond acceptors (Lipinski definition) is 12. The summed E-state index contributed by atoms with van der Waals surface area (Å²) in [6.45, 7) is 19.4. The molecule has 0 spiro atoms. The maximum atomic E-state index is 11.4. The van der Waals surface area contributed by atoms with Crippen molar-refractivity contribution in [3.05, 3.63) is 24.3 Å². The average molecular weight is 823 g/mol.